The standard InChI is InChI=1S/C30H28N2O4S3/c33-25(9-12-31-14-16-38-30(36)32(31)13-10-26-7-8-28(39-26)29(34)35)19-22-17-23-3-1-2-4-27(23)24(18-22)6-5-21-11-15-37-20-21/h1-4,7-8,11,15,17-18,20,25,33H,9-10,12-14,16,19H2,(H,34,35). The molecule has 1 unspecified atom stereocenters. The smallest absolute Gasteiger partial charge is 0.345 e. The number of nitrogens with zero attached hydrogens (tertiary/aromatic N) is 2. The van der Waals surface area contributed by atoms with Crippen molar-refractivity contribution in [1.82, 2.24) is 10.0 Å². The molecule has 9 heteroatoms. The molecule has 1 saturated heterocycles. The highest BCUT2D eigenvalue weighted by Crippen LogP contribution is 2.24. The van der Waals surface area contributed by atoms with Gasteiger partial charge in [-0.25, -0.2) is 9.80 Å². The number of carbonyl (C=O) groups excluding carboxylic acids is 1. The third-order valence-electron chi connectivity index (χ3n) is 6.55. The average molecular weight is 577 g/mol. The second-order valence-electron chi connectivity index (χ2n) is 9.29. The highest BCUT2D eigenvalue weighted by molar-refractivity contribution is 8.13. The quantitative estimate of drug-likeness (QED) is 0.239. The molecule has 0 spiro atoms. The lowest BCUT2D eigenvalue weighted by atomic mass is 9.97. The van der Waals surface area contributed by atoms with E-state index in [9.17, 15) is 14.7 Å². The first-order valence-electron chi connectivity index (χ1n) is 12.7. The van der Waals surface area contributed by atoms with E-state index in [-0.39, 0.29) is 5.24 Å². The van der Waals surface area contributed by atoms with Crippen LogP contribution in [0.3, 0.4) is 0 Å². The molecule has 2 aromatic carbocycles. The van der Waals surface area contributed by atoms with Crippen LogP contribution in [0.15, 0.2) is 65.4 Å². The number of hydrogen-bond acceptors (Lipinski definition) is 7. The van der Waals surface area contributed by atoms with Crippen molar-refractivity contribution in [3.63, 3.8) is 0 Å². The number of thioether (sulfide) groups is 1. The molecule has 1 amide bonds. The highest BCUT2D eigenvalue weighted by Gasteiger charge is 2.27. The van der Waals surface area contributed by atoms with Crippen molar-refractivity contribution in [2.24, 2.45) is 0 Å². The number of carbonyl (C=O) groups is 2. The number of benzene rings is 2. The molecule has 1 aliphatic heterocycles. The molecule has 5 rings (SSSR count). The zero-order chi connectivity index (χ0) is 27.2. The third-order valence-corrected chi connectivity index (χ3v) is 9.21. The largest absolute Gasteiger partial charge is 0.477 e. The first kappa shape index (κ1) is 27.4. The van der Waals surface area contributed by atoms with Crippen LogP contribution in [0.1, 0.15) is 37.7 Å². The summed E-state index contributed by atoms with van der Waals surface area (Å²) in [5.41, 5.74) is 2.98. The zero-order valence-corrected chi connectivity index (χ0v) is 23.7. The maximum absolute atomic E-state index is 12.7. The van der Waals surface area contributed by atoms with E-state index in [0.29, 0.717) is 43.0 Å². The van der Waals surface area contributed by atoms with Crippen molar-refractivity contribution in [3.05, 3.63) is 91.8 Å². The lowest BCUT2D eigenvalue weighted by Gasteiger charge is -2.38. The minimum atomic E-state index is -0.931. The van der Waals surface area contributed by atoms with E-state index in [1.165, 1.54) is 23.1 Å². The molecule has 6 nitrogen and oxygen atoms in total. The van der Waals surface area contributed by atoms with Gasteiger partial charge in [0.25, 0.3) is 5.24 Å². The van der Waals surface area contributed by atoms with Crippen molar-refractivity contribution in [2.75, 3.05) is 25.4 Å². The van der Waals surface area contributed by atoms with Gasteiger partial charge in [-0.2, -0.15) is 11.3 Å². The van der Waals surface area contributed by atoms with Crippen molar-refractivity contribution >= 4 is 56.4 Å². The molecule has 4 aromatic rings. The lowest BCUT2D eigenvalue weighted by molar-refractivity contribution is 0.0148. The van der Waals surface area contributed by atoms with Gasteiger partial charge in [-0.15, -0.1) is 11.3 Å². The Bertz CT molecular complexity index is 1520. The summed E-state index contributed by atoms with van der Waals surface area (Å²) in [7, 11) is 0. The predicted octanol–water partition coefficient (Wildman–Crippen LogP) is 5.98. The Kier molecular flexibility index (Phi) is 9.02. The molecule has 1 aliphatic rings. The molecule has 2 N–H and O–H groups in total. The van der Waals surface area contributed by atoms with Gasteiger partial charge in [0.15, 0.2) is 0 Å². The Hall–Kier alpha value is -3.13. The summed E-state index contributed by atoms with van der Waals surface area (Å²) in [4.78, 5) is 25.1. The van der Waals surface area contributed by atoms with Gasteiger partial charge in [0.1, 0.15) is 4.88 Å². The van der Waals surface area contributed by atoms with Crippen LogP contribution in [0, 0.1) is 11.8 Å². The predicted molar refractivity (Wildman–Crippen MR) is 160 cm³/mol. The van der Waals surface area contributed by atoms with Gasteiger partial charge in [0.2, 0.25) is 0 Å². The van der Waals surface area contributed by atoms with Gasteiger partial charge in [0, 0.05) is 53.2 Å². The number of thiophene rings is 2. The van der Waals surface area contributed by atoms with Crippen LogP contribution in [0.4, 0.5) is 4.79 Å². The van der Waals surface area contributed by atoms with Gasteiger partial charge in [-0.05, 0) is 58.8 Å². The number of fused-ring (bicyclic) bond motifs is 1. The number of hydrazine groups is 1. The summed E-state index contributed by atoms with van der Waals surface area (Å²) in [5, 5.41) is 30.1. The fourth-order valence-electron chi connectivity index (χ4n) is 4.60. The van der Waals surface area contributed by atoms with Crippen molar-refractivity contribution in [3.8, 4) is 11.8 Å². The van der Waals surface area contributed by atoms with Gasteiger partial charge < -0.3 is 10.2 Å². The van der Waals surface area contributed by atoms with E-state index in [4.69, 9.17) is 5.11 Å². The first-order valence-corrected chi connectivity index (χ1v) is 15.5. The molecule has 200 valence electrons. The molecule has 0 saturated carbocycles. The molecule has 1 fully saturated rings. The molecular formula is C30H28N2O4S3. The zero-order valence-electron chi connectivity index (χ0n) is 21.2. The minimum Gasteiger partial charge on any atom is -0.477 e. The van der Waals surface area contributed by atoms with Gasteiger partial charge in [0.05, 0.1) is 6.10 Å². The van der Waals surface area contributed by atoms with Crippen molar-refractivity contribution < 1.29 is 19.8 Å². The fraction of sp³-hybridized carbons (Fsp3) is 0.267. The summed E-state index contributed by atoms with van der Waals surface area (Å²) in [5.74, 6) is 6.35. The molecule has 1 atom stereocenters. The van der Waals surface area contributed by atoms with Gasteiger partial charge >= 0.3 is 5.97 Å². The number of aromatic carboxylic acids is 1. The van der Waals surface area contributed by atoms with Crippen LogP contribution in [0.5, 0.6) is 0 Å². The second kappa shape index (κ2) is 12.8. The molecule has 3 heterocycles. The summed E-state index contributed by atoms with van der Waals surface area (Å²) in [6.45, 7) is 1.78. The molecule has 0 aliphatic carbocycles. The number of aliphatic hydroxyl groups excluding tert-OH is 1. The summed E-state index contributed by atoms with van der Waals surface area (Å²) < 4.78 is 0. The maximum Gasteiger partial charge on any atom is 0.345 e. The monoisotopic (exact) mass is 576 g/mol. The van der Waals surface area contributed by atoms with Crippen molar-refractivity contribution in [1.29, 1.82) is 0 Å². The number of hydrogen-bond donors (Lipinski definition) is 2. The second-order valence-corrected chi connectivity index (χ2v) is 12.3. The Balaban J connectivity index is 1.23. The number of aliphatic hydroxyl groups is 1. The topological polar surface area (TPSA) is 81.1 Å². The Labute approximate surface area is 239 Å². The number of carboxylic acids is 1. The Morgan fingerprint density at radius 2 is 1.95 bits per heavy atom. The normalized spacial score (nSPS) is 14.8. The molecule has 0 bridgehead atoms. The summed E-state index contributed by atoms with van der Waals surface area (Å²) in [6, 6.07) is 17.8. The van der Waals surface area contributed by atoms with Crippen LogP contribution in [0.2, 0.25) is 0 Å². The maximum atomic E-state index is 12.7. The number of amides is 1. The lowest BCUT2D eigenvalue weighted by Crippen LogP contribution is -2.51. The van der Waals surface area contributed by atoms with Crippen LogP contribution in [-0.2, 0) is 12.8 Å². The average Bonchev–Trinajstić information content (AvgIpc) is 3.63. The van der Waals surface area contributed by atoms with E-state index < -0.39 is 12.1 Å². The number of carboxylic acid groups (broad SMARTS) is 1. The molecule has 2 aromatic heterocycles. The van der Waals surface area contributed by atoms with E-state index >= 15 is 0 Å². The fourth-order valence-corrected chi connectivity index (χ4v) is 6.85. The molecular weight excluding hydrogens is 549 g/mol. The minimum absolute atomic E-state index is 0.00544. The van der Waals surface area contributed by atoms with Crippen LogP contribution >= 0.6 is 34.4 Å². The number of rotatable bonds is 9. The van der Waals surface area contributed by atoms with E-state index in [2.05, 4.69) is 36.1 Å². The summed E-state index contributed by atoms with van der Waals surface area (Å²) >= 11 is 4.17. The Morgan fingerprint density at radius 3 is 2.74 bits per heavy atom. The third kappa shape index (κ3) is 7.10. The van der Waals surface area contributed by atoms with Crippen LogP contribution in [-0.4, -0.2) is 62.9 Å². The SMILES string of the molecule is O=C(O)c1ccc(CCN2C(=O)SCCN2CCC(O)Cc2cc(C#Cc3ccsc3)c3ccccc3c2)s1. The first-order chi connectivity index (χ1) is 19.0. The highest BCUT2D eigenvalue weighted by atomic mass is 32.2. The molecule has 0 radical (unpaired) electrons. The van der Waals surface area contributed by atoms with Gasteiger partial charge in [-0.3, -0.25) is 9.80 Å². The van der Waals surface area contributed by atoms with Gasteiger partial charge in [-0.1, -0.05) is 53.9 Å². The van der Waals surface area contributed by atoms with Crippen LogP contribution in [0.25, 0.3) is 10.8 Å². The Morgan fingerprint density at radius 1 is 1.08 bits per heavy atom. The van der Waals surface area contributed by atoms with Crippen molar-refractivity contribution in [2.45, 2.75) is 25.4 Å². The molecule has 39 heavy (non-hydrogen) atoms. The van der Waals surface area contributed by atoms with E-state index in [1.54, 1.807) is 22.4 Å². The summed E-state index contributed by atoms with van der Waals surface area (Å²) in [6.07, 6.45) is 1.06. The van der Waals surface area contributed by atoms with E-state index in [0.717, 1.165) is 38.9 Å². The van der Waals surface area contributed by atoms with E-state index in [1.807, 2.05) is 40.0 Å². The van der Waals surface area contributed by atoms with Crippen LogP contribution < -0.4 is 0 Å².